The van der Waals surface area contributed by atoms with E-state index in [9.17, 15) is 4.39 Å². The third kappa shape index (κ3) is 4.34. The van der Waals surface area contributed by atoms with Crippen molar-refractivity contribution in [3.8, 4) is 45.8 Å². The predicted molar refractivity (Wildman–Crippen MR) is 116 cm³/mol. The molecule has 0 aliphatic heterocycles. The van der Waals surface area contributed by atoms with Crippen molar-refractivity contribution >= 4 is 0 Å². The highest BCUT2D eigenvalue weighted by Gasteiger charge is 2.16. The maximum atomic E-state index is 13.8. The maximum absolute atomic E-state index is 13.8. The number of aromatic nitrogens is 2. The van der Waals surface area contributed by atoms with Crippen LogP contribution in [0, 0.1) is 5.82 Å². The molecule has 1 aromatic heterocycles. The molecule has 0 atom stereocenters. The van der Waals surface area contributed by atoms with Crippen molar-refractivity contribution in [2.75, 3.05) is 21.3 Å². The topological polar surface area (TPSA) is 75.8 Å². The van der Waals surface area contributed by atoms with E-state index in [1.54, 1.807) is 68.8 Å². The first-order valence-electron chi connectivity index (χ1n) is 9.73. The molecule has 8 heteroatoms. The van der Waals surface area contributed by atoms with Crippen LogP contribution in [0.3, 0.4) is 0 Å². The Kier molecular flexibility index (Phi) is 6.21. The van der Waals surface area contributed by atoms with Gasteiger partial charge in [-0.25, -0.2) is 4.39 Å². The van der Waals surface area contributed by atoms with Crippen molar-refractivity contribution in [1.29, 1.82) is 0 Å². The highest BCUT2D eigenvalue weighted by Crippen LogP contribution is 2.35. The van der Waals surface area contributed by atoms with Gasteiger partial charge in [-0.1, -0.05) is 23.4 Å². The van der Waals surface area contributed by atoms with Gasteiger partial charge in [0.1, 0.15) is 12.4 Å². The molecule has 164 valence electrons. The van der Waals surface area contributed by atoms with Gasteiger partial charge in [0.25, 0.3) is 5.89 Å². The van der Waals surface area contributed by atoms with E-state index in [0.29, 0.717) is 51.4 Å². The third-order valence-corrected chi connectivity index (χ3v) is 4.82. The van der Waals surface area contributed by atoms with Crippen LogP contribution in [0.25, 0.3) is 22.8 Å². The van der Waals surface area contributed by atoms with Crippen molar-refractivity contribution in [3.63, 3.8) is 0 Å². The first kappa shape index (κ1) is 21.2. The molecule has 0 unspecified atom stereocenters. The molecule has 0 bridgehead atoms. The summed E-state index contributed by atoms with van der Waals surface area (Å²) in [5.74, 6) is 2.50. The molecule has 0 N–H and O–H groups in total. The standard InChI is InChI=1S/C24H21FN2O5/c1-28-19-10-9-16(13-21(19)29-2)24-26-23(27-32-24)15-8-11-20(22(12-15)30-3)31-14-17-6-4-5-7-18(17)25/h4-13H,14H2,1-3H3. The molecule has 0 aliphatic rings. The van der Waals surface area contributed by atoms with Gasteiger partial charge >= 0.3 is 0 Å². The van der Waals surface area contributed by atoms with Crippen LogP contribution in [0.15, 0.2) is 65.2 Å². The Morgan fingerprint density at radius 1 is 0.781 bits per heavy atom. The van der Waals surface area contributed by atoms with E-state index in [4.69, 9.17) is 23.5 Å². The number of benzene rings is 3. The fourth-order valence-electron chi connectivity index (χ4n) is 3.12. The van der Waals surface area contributed by atoms with Gasteiger partial charge in [0, 0.05) is 16.7 Å². The SMILES string of the molecule is COc1ccc(-c2nc(-c3ccc(OCc4ccccc4F)c(OC)c3)no2)cc1OC. The number of halogens is 1. The Bertz CT molecular complexity index is 1220. The molecule has 3 aromatic carbocycles. The smallest absolute Gasteiger partial charge is 0.258 e. The summed E-state index contributed by atoms with van der Waals surface area (Å²) in [7, 11) is 4.66. The first-order chi connectivity index (χ1) is 15.6. The van der Waals surface area contributed by atoms with E-state index in [1.165, 1.54) is 13.2 Å². The van der Waals surface area contributed by atoms with Crippen molar-refractivity contribution in [2.45, 2.75) is 6.61 Å². The fraction of sp³-hybridized carbons (Fsp3) is 0.167. The average molecular weight is 436 g/mol. The number of nitrogens with zero attached hydrogens (tertiary/aromatic N) is 2. The zero-order valence-corrected chi connectivity index (χ0v) is 17.8. The van der Waals surface area contributed by atoms with E-state index in [2.05, 4.69) is 10.1 Å². The van der Waals surface area contributed by atoms with Gasteiger partial charge < -0.3 is 23.5 Å². The second-order valence-electron chi connectivity index (χ2n) is 6.74. The minimum absolute atomic E-state index is 0.0774. The van der Waals surface area contributed by atoms with Crippen molar-refractivity contribution in [1.82, 2.24) is 10.1 Å². The van der Waals surface area contributed by atoms with E-state index in [1.807, 2.05) is 0 Å². The molecular weight excluding hydrogens is 415 g/mol. The summed E-state index contributed by atoms with van der Waals surface area (Å²) in [5, 5.41) is 4.07. The lowest BCUT2D eigenvalue weighted by Crippen LogP contribution is -2.00. The largest absolute Gasteiger partial charge is 0.493 e. The summed E-state index contributed by atoms with van der Waals surface area (Å²) in [5.41, 5.74) is 1.82. The van der Waals surface area contributed by atoms with E-state index in [0.717, 1.165) is 0 Å². The van der Waals surface area contributed by atoms with Crippen LogP contribution < -0.4 is 18.9 Å². The van der Waals surface area contributed by atoms with Crippen LogP contribution in [0.4, 0.5) is 4.39 Å². The molecule has 0 radical (unpaired) electrons. The number of hydrogen-bond acceptors (Lipinski definition) is 7. The fourth-order valence-corrected chi connectivity index (χ4v) is 3.12. The van der Waals surface area contributed by atoms with Gasteiger partial charge in [-0.2, -0.15) is 4.98 Å². The first-order valence-corrected chi connectivity index (χ1v) is 9.73. The van der Waals surface area contributed by atoms with E-state index < -0.39 is 0 Å². The van der Waals surface area contributed by atoms with E-state index >= 15 is 0 Å². The van der Waals surface area contributed by atoms with Gasteiger partial charge in [-0.05, 0) is 42.5 Å². The van der Waals surface area contributed by atoms with Gasteiger partial charge in [0.15, 0.2) is 23.0 Å². The Labute approximate surface area is 184 Å². The Hall–Kier alpha value is -4.07. The molecule has 4 aromatic rings. The van der Waals surface area contributed by atoms with Crippen LogP contribution in [0.2, 0.25) is 0 Å². The third-order valence-electron chi connectivity index (χ3n) is 4.82. The Balaban J connectivity index is 1.56. The Morgan fingerprint density at radius 2 is 1.44 bits per heavy atom. The zero-order valence-electron chi connectivity index (χ0n) is 17.8. The number of rotatable bonds is 8. The average Bonchev–Trinajstić information content (AvgIpc) is 3.33. The number of hydrogen-bond donors (Lipinski definition) is 0. The van der Waals surface area contributed by atoms with Gasteiger partial charge in [-0.15, -0.1) is 0 Å². The minimum atomic E-state index is -0.322. The predicted octanol–water partition coefficient (Wildman–Crippen LogP) is 5.15. The lowest BCUT2D eigenvalue weighted by atomic mass is 10.1. The van der Waals surface area contributed by atoms with Crippen molar-refractivity contribution in [3.05, 3.63) is 72.0 Å². The normalized spacial score (nSPS) is 10.6. The Morgan fingerprint density at radius 3 is 2.19 bits per heavy atom. The van der Waals surface area contributed by atoms with Gasteiger partial charge in [-0.3, -0.25) is 0 Å². The molecule has 0 amide bonds. The molecule has 32 heavy (non-hydrogen) atoms. The molecule has 0 saturated heterocycles. The molecule has 0 saturated carbocycles. The monoisotopic (exact) mass is 436 g/mol. The van der Waals surface area contributed by atoms with Crippen molar-refractivity contribution < 1.29 is 27.9 Å². The zero-order chi connectivity index (χ0) is 22.5. The van der Waals surface area contributed by atoms with Crippen LogP contribution in [-0.2, 0) is 6.61 Å². The van der Waals surface area contributed by atoms with Gasteiger partial charge in [0.2, 0.25) is 5.82 Å². The lowest BCUT2D eigenvalue weighted by molar-refractivity contribution is 0.280. The highest BCUT2D eigenvalue weighted by atomic mass is 19.1. The van der Waals surface area contributed by atoms with E-state index in [-0.39, 0.29) is 12.4 Å². The lowest BCUT2D eigenvalue weighted by Gasteiger charge is -2.12. The molecule has 1 heterocycles. The van der Waals surface area contributed by atoms with Crippen LogP contribution in [-0.4, -0.2) is 31.5 Å². The molecular formula is C24H21FN2O5. The summed E-state index contributed by atoms with van der Waals surface area (Å²) in [6, 6.07) is 17.0. The van der Waals surface area contributed by atoms with Crippen LogP contribution in [0.1, 0.15) is 5.56 Å². The summed E-state index contributed by atoms with van der Waals surface area (Å²) in [6.45, 7) is 0.0774. The summed E-state index contributed by atoms with van der Waals surface area (Å²) in [4.78, 5) is 4.47. The molecule has 4 rings (SSSR count). The quantitative estimate of drug-likeness (QED) is 0.378. The summed E-state index contributed by atoms with van der Waals surface area (Å²) < 4.78 is 41.0. The summed E-state index contributed by atoms with van der Waals surface area (Å²) >= 11 is 0. The molecule has 0 spiro atoms. The molecule has 0 fully saturated rings. The second-order valence-corrected chi connectivity index (χ2v) is 6.74. The number of ether oxygens (including phenoxy) is 4. The number of methoxy groups -OCH3 is 3. The highest BCUT2D eigenvalue weighted by molar-refractivity contribution is 5.65. The second kappa shape index (κ2) is 9.38. The molecule has 7 nitrogen and oxygen atoms in total. The van der Waals surface area contributed by atoms with Crippen molar-refractivity contribution in [2.24, 2.45) is 0 Å². The van der Waals surface area contributed by atoms with Crippen LogP contribution in [0.5, 0.6) is 23.0 Å². The minimum Gasteiger partial charge on any atom is -0.493 e. The van der Waals surface area contributed by atoms with Crippen LogP contribution >= 0.6 is 0 Å². The van der Waals surface area contributed by atoms with Gasteiger partial charge in [0.05, 0.1) is 21.3 Å². The maximum Gasteiger partial charge on any atom is 0.258 e. The summed E-state index contributed by atoms with van der Waals surface area (Å²) in [6.07, 6.45) is 0. The molecule has 0 aliphatic carbocycles.